The third-order valence-corrected chi connectivity index (χ3v) is 3.45. The van der Waals surface area contributed by atoms with Crippen LogP contribution in [0.15, 0.2) is 18.3 Å². The molecule has 0 aliphatic rings. The summed E-state index contributed by atoms with van der Waals surface area (Å²) in [6.07, 6.45) is 1.55. The summed E-state index contributed by atoms with van der Waals surface area (Å²) in [7, 11) is 3.77. The van der Waals surface area contributed by atoms with Crippen LogP contribution >= 0.6 is 0 Å². The van der Waals surface area contributed by atoms with Gasteiger partial charge in [-0.2, -0.15) is 0 Å². The summed E-state index contributed by atoms with van der Waals surface area (Å²) >= 11 is 0. The topological polar surface area (TPSA) is 60.9 Å². The van der Waals surface area contributed by atoms with Crippen LogP contribution in [0.2, 0.25) is 0 Å². The van der Waals surface area contributed by atoms with Gasteiger partial charge in [0.25, 0.3) is 0 Å². The zero-order valence-corrected chi connectivity index (χ0v) is 14.9. The van der Waals surface area contributed by atoms with Gasteiger partial charge in [0.1, 0.15) is 5.56 Å². The Morgan fingerprint density at radius 2 is 1.67 bits per heavy atom. The first kappa shape index (κ1) is 17.8. The fraction of sp³-hybridized carbons (Fsp3) is 0.444. The van der Waals surface area contributed by atoms with Crippen molar-refractivity contribution in [1.29, 1.82) is 0 Å². The molecule has 0 saturated carbocycles. The van der Waals surface area contributed by atoms with Gasteiger partial charge in [-0.1, -0.05) is 0 Å². The van der Waals surface area contributed by atoms with Crippen molar-refractivity contribution < 1.29 is 19.0 Å². The average molecular weight is 332 g/mol. The van der Waals surface area contributed by atoms with E-state index in [4.69, 9.17) is 14.2 Å². The maximum Gasteiger partial charge on any atom is 0.341 e. The van der Waals surface area contributed by atoms with Crippen LogP contribution < -0.4 is 14.4 Å². The molecule has 0 bridgehead atoms. The lowest BCUT2D eigenvalue weighted by molar-refractivity contribution is 0.0527. The Labute approximate surface area is 142 Å². The quantitative estimate of drug-likeness (QED) is 0.725. The monoisotopic (exact) mass is 332 g/mol. The van der Waals surface area contributed by atoms with Crippen molar-refractivity contribution in [3.8, 4) is 11.5 Å². The Morgan fingerprint density at radius 1 is 1.04 bits per heavy atom. The third-order valence-electron chi connectivity index (χ3n) is 3.45. The van der Waals surface area contributed by atoms with Gasteiger partial charge in [0.2, 0.25) is 0 Å². The van der Waals surface area contributed by atoms with Crippen molar-refractivity contribution in [1.82, 2.24) is 4.98 Å². The molecule has 1 aromatic heterocycles. The van der Waals surface area contributed by atoms with Crippen molar-refractivity contribution in [2.75, 3.05) is 38.8 Å². The van der Waals surface area contributed by atoms with Crippen LogP contribution in [0.5, 0.6) is 11.5 Å². The number of esters is 1. The van der Waals surface area contributed by atoms with Gasteiger partial charge in [-0.3, -0.25) is 4.98 Å². The summed E-state index contributed by atoms with van der Waals surface area (Å²) < 4.78 is 16.5. The smallest absolute Gasteiger partial charge is 0.341 e. The number of pyridine rings is 1. The highest BCUT2D eigenvalue weighted by atomic mass is 16.5. The van der Waals surface area contributed by atoms with Crippen LogP contribution in [-0.2, 0) is 4.74 Å². The first-order chi connectivity index (χ1) is 11.5. The SMILES string of the molecule is CCOC(=O)c1cnc2cc(OCC)c(OCC)cc2c1N(C)C. The molecule has 0 unspecified atom stereocenters. The molecule has 0 saturated heterocycles. The Hall–Kier alpha value is -2.50. The summed E-state index contributed by atoms with van der Waals surface area (Å²) in [6, 6.07) is 3.71. The zero-order valence-electron chi connectivity index (χ0n) is 14.9. The molecular formula is C18H24N2O4. The fourth-order valence-corrected chi connectivity index (χ4v) is 2.56. The van der Waals surface area contributed by atoms with Crippen molar-refractivity contribution in [3.63, 3.8) is 0 Å². The molecule has 0 fully saturated rings. The van der Waals surface area contributed by atoms with Crippen LogP contribution in [0.4, 0.5) is 5.69 Å². The lowest BCUT2D eigenvalue weighted by atomic mass is 10.1. The maximum absolute atomic E-state index is 12.2. The van der Waals surface area contributed by atoms with Gasteiger partial charge in [-0.05, 0) is 26.8 Å². The van der Waals surface area contributed by atoms with E-state index in [1.165, 1.54) is 0 Å². The number of carbonyl (C=O) groups is 1. The highest BCUT2D eigenvalue weighted by Crippen LogP contribution is 2.37. The van der Waals surface area contributed by atoms with Gasteiger partial charge in [0.05, 0.1) is 31.0 Å². The van der Waals surface area contributed by atoms with E-state index in [-0.39, 0.29) is 5.97 Å². The van der Waals surface area contributed by atoms with E-state index in [1.54, 1.807) is 13.1 Å². The van der Waals surface area contributed by atoms with Crippen molar-refractivity contribution in [3.05, 3.63) is 23.9 Å². The van der Waals surface area contributed by atoms with Crippen LogP contribution in [0, 0.1) is 0 Å². The van der Waals surface area contributed by atoms with Gasteiger partial charge < -0.3 is 19.1 Å². The Kier molecular flexibility index (Phi) is 5.84. The standard InChI is InChI=1S/C18H24N2O4/c1-6-22-15-9-12-14(10-16(15)23-7-2)19-11-13(17(12)20(4)5)18(21)24-8-3/h9-11H,6-8H2,1-5H3. The maximum atomic E-state index is 12.2. The van der Waals surface area contributed by atoms with E-state index >= 15 is 0 Å². The average Bonchev–Trinajstić information content (AvgIpc) is 2.54. The summed E-state index contributed by atoms with van der Waals surface area (Å²) in [6.45, 7) is 6.99. The lowest BCUT2D eigenvalue weighted by Crippen LogP contribution is -2.16. The number of fused-ring (bicyclic) bond motifs is 1. The molecule has 0 aliphatic heterocycles. The molecule has 130 valence electrons. The molecule has 6 nitrogen and oxygen atoms in total. The number of ether oxygens (including phenoxy) is 3. The first-order valence-electron chi connectivity index (χ1n) is 8.10. The number of benzene rings is 1. The molecule has 2 rings (SSSR count). The van der Waals surface area contributed by atoms with Gasteiger partial charge >= 0.3 is 5.97 Å². The van der Waals surface area contributed by atoms with Gasteiger partial charge in [-0.15, -0.1) is 0 Å². The van der Waals surface area contributed by atoms with E-state index in [9.17, 15) is 4.79 Å². The van der Waals surface area contributed by atoms with E-state index in [2.05, 4.69) is 4.98 Å². The number of rotatable bonds is 7. The molecule has 0 aliphatic carbocycles. The number of hydrogen-bond acceptors (Lipinski definition) is 6. The zero-order chi connectivity index (χ0) is 17.7. The molecule has 0 N–H and O–H groups in total. The van der Waals surface area contributed by atoms with Crippen molar-refractivity contribution in [2.24, 2.45) is 0 Å². The van der Waals surface area contributed by atoms with Crippen molar-refractivity contribution in [2.45, 2.75) is 20.8 Å². The second kappa shape index (κ2) is 7.86. The predicted octanol–water partition coefficient (Wildman–Crippen LogP) is 3.27. The Morgan fingerprint density at radius 3 is 2.21 bits per heavy atom. The Balaban J connectivity index is 2.71. The molecule has 24 heavy (non-hydrogen) atoms. The number of nitrogens with zero attached hydrogens (tertiary/aromatic N) is 2. The van der Waals surface area contributed by atoms with E-state index in [1.807, 2.05) is 45.0 Å². The van der Waals surface area contributed by atoms with Crippen LogP contribution in [-0.4, -0.2) is 44.9 Å². The van der Waals surface area contributed by atoms with Crippen LogP contribution in [0.25, 0.3) is 10.9 Å². The van der Waals surface area contributed by atoms with E-state index < -0.39 is 0 Å². The third kappa shape index (κ3) is 3.53. The number of carbonyl (C=O) groups excluding carboxylic acids is 1. The second-order valence-electron chi connectivity index (χ2n) is 5.32. The molecule has 2 aromatic rings. The minimum atomic E-state index is -0.387. The minimum absolute atomic E-state index is 0.317. The normalized spacial score (nSPS) is 10.5. The first-order valence-corrected chi connectivity index (χ1v) is 8.10. The summed E-state index contributed by atoms with van der Waals surface area (Å²) in [5.74, 6) is 0.896. The Bertz CT molecular complexity index is 729. The van der Waals surface area contributed by atoms with Crippen LogP contribution in [0.1, 0.15) is 31.1 Å². The molecule has 0 radical (unpaired) electrons. The van der Waals surface area contributed by atoms with Gasteiger partial charge in [0, 0.05) is 31.7 Å². The predicted molar refractivity (Wildman–Crippen MR) is 94.4 cm³/mol. The molecule has 0 atom stereocenters. The number of hydrogen-bond donors (Lipinski definition) is 0. The van der Waals surface area contributed by atoms with Gasteiger partial charge in [0.15, 0.2) is 11.5 Å². The minimum Gasteiger partial charge on any atom is -0.490 e. The number of anilines is 1. The van der Waals surface area contributed by atoms with Gasteiger partial charge in [-0.25, -0.2) is 4.79 Å². The molecule has 0 spiro atoms. The van der Waals surface area contributed by atoms with E-state index in [0.29, 0.717) is 36.9 Å². The molecule has 1 heterocycles. The highest BCUT2D eigenvalue weighted by molar-refractivity contribution is 6.05. The highest BCUT2D eigenvalue weighted by Gasteiger charge is 2.20. The summed E-state index contributed by atoms with van der Waals surface area (Å²) in [4.78, 5) is 18.5. The molecular weight excluding hydrogens is 308 g/mol. The molecule has 1 aromatic carbocycles. The number of aromatic nitrogens is 1. The summed E-state index contributed by atoms with van der Waals surface area (Å²) in [5, 5.41) is 0.817. The largest absolute Gasteiger partial charge is 0.490 e. The lowest BCUT2D eigenvalue weighted by Gasteiger charge is -2.20. The van der Waals surface area contributed by atoms with Crippen molar-refractivity contribution >= 4 is 22.6 Å². The fourth-order valence-electron chi connectivity index (χ4n) is 2.56. The summed E-state index contributed by atoms with van der Waals surface area (Å²) in [5.41, 5.74) is 1.92. The van der Waals surface area contributed by atoms with Crippen LogP contribution in [0.3, 0.4) is 0 Å². The molecule has 6 heteroatoms. The molecule has 0 amide bonds. The second-order valence-corrected chi connectivity index (χ2v) is 5.32. The van der Waals surface area contributed by atoms with E-state index in [0.717, 1.165) is 16.6 Å².